The molecule has 1 rings (SSSR count). The van der Waals surface area contributed by atoms with Crippen molar-refractivity contribution < 1.29 is 0 Å². The molecular weight excluding hydrogens is 363 g/mol. The van der Waals surface area contributed by atoms with Crippen LogP contribution in [0.3, 0.4) is 0 Å². The summed E-state index contributed by atoms with van der Waals surface area (Å²) in [6.07, 6.45) is 6.43. The topological polar surface area (TPSA) is 39.7 Å². The maximum atomic E-state index is 4.28. The van der Waals surface area contributed by atoms with E-state index in [0.717, 1.165) is 25.0 Å². The lowest BCUT2D eigenvalue weighted by Crippen LogP contribution is -2.40. The Morgan fingerprint density at radius 3 is 2.35 bits per heavy atom. The summed E-state index contributed by atoms with van der Waals surface area (Å²) in [7, 11) is 1.85. The van der Waals surface area contributed by atoms with Crippen LogP contribution in [0.1, 0.15) is 46.0 Å². The van der Waals surface area contributed by atoms with Crippen LogP contribution in [-0.4, -0.2) is 50.6 Å². The summed E-state index contributed by atoms with van der Waals surface area (Å²) in [6, 6.07) is 0. The molecule has 120 valence electrons. The molecule has 2 N–H and O–H groups in total. The highest BCUT2D eigenvalue weighted by molar-refractivity contribution is 14.0. The fourth-order valence-electron chi connectivity index (χ4n) is 2.55. The van der Waals surface area contributed by atoms with Crippen LogP contribution in [-0.2, 0) is 0 Å². The van der Waals surface area contributed by atoms with Crippen LogP contribution in [0, 0.1) is 5.92 Å². The molecule has 1 saturated heterocycles. The smallest absolute Gasteiger partial charge is 0.190 e. The van der Waals surface area contributed by atoms with E-state index in [1.807, 2.05) is 7.05 Å². The van der Waals surface area contributed by atoms with Crippen LogP contribution in [0.2, 0.25) is 0 Å². The number of nitrogens with zero attached hydrogens (tertiary/aromatic N) is 2. The van der Waals surface area contributed by atoms with Gasteiger partial charge in [0.15, 0.2) is 5.96 Å². The predicted molar refractivity (Wildman–Crippen MR) is 99.1 cm³/mol. The Hall–Kier alpha value is -0.0400. The molecule has 0 radical (unpaired) electrons. The fraction of sp³-hybridized carbons (Fsp3) is 0.933. The second kappa shape index (κ2) is 12.7. The third kappa shape index (κ3) is 8.29. The summed E-state index contributed by atoms with van der Waals surface area (Å²) in [6.45, 7) is 10.3. The van der Waals surface area contributed by atoms with Crippen LogP contribution in [0.25, 0.3) is 0 Å². The van der Waals surface area contributed by atoms with Gasteiger partial charge in [-0.2, -0.15) is 0 Å². The molecule has 1 fully saturated rings. The summed E-state index contributed by atoms with van der Waals surface area (Å²) in [5.74, 6) is 1.71. The van der Waals surface area contributed by atoms with Gasteiger partial charge in [-0.1, -0.05) is 26.7 Å². The van der Waals surface area contributed by atoms with Crippen LogP contribution >= 0.6 is 24.0 Å². The zero-order valence-electron chi connectivity index (χ0n) is 13.5. The quantitative estimate of drug-likeness (QED) is 0.287. The van der Waals surface area contributed by atoms with E-state index < -0.39 is 0 Å². The zero-order valence-corrected chi connectivity index (χ0v) is 15.8. The molecule has 1 heterocycles. The average Bonchev–Trinajstić information content (AvgIpc) is 2.95. The maximum Gasteiger partial charge on any atom is 0.190 e. The number of aliphatic imine (C=N–C) groups is 1. The van der Waals surface area contributed by atoms with Gasteiger partial charge in [0.25, 0.3) is 0 Å². The van der Waals surface area contributed by atoms with Gasteiger partial charge < -0.3 is 15.5 Å². The molecule has 4 nitrogen and oxygen atoms in total. The van der Waals surface area contributed by atoms with Gasteiger partial charge in [0.1, 0.15) is 0 Å². The second-order valence-corrected chi connectivity index (χ2v) is 5.46. The molecule has 0 aromatic rings. The van der Waals surface area contributed by atoms with Crippen LogP contribution in [0.5, 0.6) is 0 Å². The van der Waals surface area contributed by atoms with Gasteiger partial charge in [0.05, 0.1) is 0 Å². The summed E-state index contributed by atoms with van der Waals surface area (Å²) < 4.78 is 0. The number of hydrogen-bond donors (Lipinski definition) is 2. The van der Waals surface area contributed by atoms with E-state index in [9.17, 15) is 0 Å². The van der Waals surface area contributed by atoms with E-state index in [-0.39, 0.29) is 24.0 Å². The molecule has 0 spiro atoms. The van der Waals surface area contributed by atoms with E-state index in [0.29, 0.717) is 0 Å². The van der Waals surface area contributed by atoms with Crippen molar-refractivity contribution in [1.29, 1.82) is 0 Å². The van der Waals surface area contributed by atoms with Crippen LogP contribution in [0.4, 0.5) is 0 Å². The molecule has 0 aromatic carbocycles. The van der Waals surface area contributed by atoms with Crippen molar-refractivity contribution in [2.45, 2.75) is 46.0 Å². The van der Waals surface area contributed by atoms with Gasteiger partial charge >= 0.3 is 0 Å². The second-order valence-electron chi connectivity index (χ2n) is 5.46. The van der Waals surface area contributed by atoms with Gasteiger partial charge in [0, 0.05) is 20.1 Å². The van der Waals surface area contributed by atoms with E-state index >= 15 is 0 Å². The van der Waals surface area contributed by atoms with Crippen molar-refractivity contribution in [2.24, 2.45) is 10.9 Å². The number of nitrogens with one attached hydrogen (secondary N) is 2. The Labute approximate surface area is 142 Å². The van der Waals surface area contributed by atoms with Crippen LogP contribution in [0.15, 0.2) is 4.99 Å². The Kier molecular flexibility index (Phi) is 12.7. The average molecular weight is 396 g/mol. The minimum Gasteiger partial charge on any atom is -0.356 e. The Balaban J connectivity index is 0.00000361. The number of hydrogen-bond acceptors (Lipinski definition) is 2. The molecule has 0 unspecified atom stereocenters. The molecule has 20 heavy (non-hydrogen) atoms. The number of rotatable bonds is 8. The van der Waals surface area contributed by atoms with Crippen molar-refractivity contribution in [1.82, 2.24) is 15.5 Å². The summed E-state index contributed by atoms with van der Waals surface area (Å²) in [5, 5.41) is 6.83. The Morgan fingerprint density at radius 1 is 1.15 bits per heavy atom. The highest BCUT2D eigenvalue weighted by atomic mass is 127. The first-order chi connectivity index (χ1) is 9.30. The first-order valence-electron chi connectivity index (χ1n) is 7.97. The largest absolute Gasteiger partial charge is 0.356 e. The minimum atomic E-state index is 0. The van der Waals surface area contributed by atoms with Crippen molar-refractivity contribution in [3.05, 3.63) is 0 Å². The lowest BCUT2D eigenvalue weighted by atomic mass is 10.0. The van der Waals surface area contributed by atoms with Gasteiger partial charge in [0.2, 0.25) is 0 Å². The molecular formula is C15H33IN4. The van der Waals surface area contributed by atoms with Gasteiger partial charge in [-0.15, -0.1) is 24.0 Å². The Morgan fingerprint density at radius 2 is 1.80 bits per heavy atom. The molecule has 0 bridgehead atoms. The molecule has 0 atom stereocenters. The molecule has 0 aliphatic carbocycles. The molecule has 5 heteroatoms. The molecule has 0 saturated carbocycles. The summed E-state index contributed by atoms with van der Waals surface area (Å²) in [4.78, 5) is 6.84. The van der Waals surface area contributed by atoms with Gasteiger partial charge in [-0.3, -0.25) is 4.99 Å². The highest BCUT2D eigenvalue weighted by Crippen LogP contribution is 2.07. The van der Waals surface area contributed by atoms with Crippen molar-refractivity contribution in [3.63, 3.8) is 0 Å². The van der Waals surface area contributed by atoms with Crippen LogP contribution < -0.4 is 10.6 Å². The van der Waals surface area contributed by atoms with Crippen molar-refractivity contribution in [2.75, 3.05) is 39.8 Å². The highest BCUT2D eigenvalue weighted by Gasteiger charge is 2.10. The number of halogens is 1. The van der Waals surface area contributed by atoms with E-state index in [1.165, 1.54) is 51.7 Å². The SMILES string of the molecule is CCC(CC)CNC(=NC)NCCCN1CCCC1.I. The first-order valence-corrected chi connectivity index (χ1v) is 7.97. The normalized spacial score (nSPS) is 16.3. The van der Waals surface area contributed by atoms with E-state index in [4.69, 9.17) is 0 Å². The summed E-state index contributed by atoms with van der Waals surface area (Å²) >= 11 is 0. The molecule has 1 aliphatic heterocycles. The maximum absolute atomic E-state index is 4.28. The Bertz CT molecular complexity index is 248. The van der Waals surface area contributed by atoms with Gasteiger partial charge in [-0.25, -0.2) is 0 Å². The van der Waals surface area contributed by atoms with E-state index in [1.54, 1.807) is 0 Å². The zero-order chi connectivity index (χ0) is 13.9. The standard InChI is InChI=1S/C15H32N4.HI/c1-4-14(5-2)13-18-15(16-3)17-9-8-12-19-10-6-7-11-19;/h14H,4-13H2,1-3H3,(H2,16,17,18);1H. The number of guanidine groups is 1. The van der Waals surface area contributed by atoms with Gasteiger partial charge in [-0.05, 0) is 44.8 Å². The van der Waals surface area contributed by atoms with Crippen molar-refractivity contribution in [3.8, 4) is 0 Å². The fourth-order valence-corrected chi connectivity index (χ4v) is 2.55. The first kappa shape index (κ1) is 20.0. The van der Waals surface area contributed by atoms with Crippen molar-refractivity contribution >= 4 is 29.9 Å². The number of likely N-dealkylation sites (tertiary alicyclic amines) is 1. The lowest BCUT2D eigenvalue weighted by Gasteiger charge is -2.18. The lowest BCUT2D eigenvalue weighted by molar-refractivity contribution is 0.334. The monoisotopic (exact) mass is 396 g/mol. The molecule has 0 amide bonds. The third-order valence-corrected chi connectivity index (χ3v) is 4.08. The molecule has 1 aliphatic rings. The minimum absolute atomic E-state index is 0. The third-order valence-electron chi connectivity index (χ3n) is 4.08. The molecule has 0 aromatic heterocycles. The summed E-state index contributed by atoms with van der Waals surface area (Å²) in [5.41, 5.74) is 0. The van der Waals surface area contributed by atoms with E-state index in [2.05, 4.69) is 34.4 Å². The predicted octanol–water partition coefficient (Wildman–Crippen LogP) is 2.69.